The van der Waals surface area contributed by atoms with Crippen LogP contribution in [-0.4, -0.2) is 31.4 Å². The first-order valence-corrected chi connectivity index (χ1v) is 7.99. The van der Waals surface area contributed by atoms with Crippen LogP contribution in [0.1, 0.15) is 46.1 Å². The van der Waals surface area contributed by atoms with E-state index in [1.807, 2.05) is 12.1 Å². The second-order valence-electron chi connectivity index (χ2n) is 7.03. The molecule has 0 bridgehead atoms. The third-order valence-corrected chi connectivity index (χ3v) is 4.78. The van der Waals surface area contributed by atoms with E-state index in [1.54, 1.807) is 7.11 Å². The highest BCUT2D eigenvalue weighted by Crippen LogP contribution is 2.37. The highest BCUT2D eigenvalue weighted by Gasteiger charge is 2.52. The van der Waals surface area contributed by atoms with E-state index < -0.39 is 0 Å². The molecule has 1 atom stereocenters. The van der Waals surface area contributed by atoms with Crippen molar-refractivity contribution in [2.45, 2.75) is 64.1 Å². The summed E-state index contributed by atoms with van der Waals surface area (Å²) in [5, 5.41) is 0. The Hall–Kier alpha value is -0.745. The Morgan fingerprint density at radius 2 is 1.61 bits per heavy atom. The summed E-state index contributed by atoms with van der Waals surface area (Å²) < 4.78 is 17.2. The van der Waals surface area contributed by atoms with Crippen molar-refractivity contribution in [1.82, 2.24) is 0 Å². The molecule has 1 saturated heterocycles. The maximum Gasteiger partial charge on any atom is 0.475 e. The van der Waals surface area contributed by atoms with Gasteiger partial charge < -0.3 is 19.8 Å². The van der Waals surface area contributed by atoms with E-state index in [0.29, 0.717) is 0 Å². The maximum absolute atomic E-state index is 6.26. The van der Waals surface area contributed by atoms with E-state index >= 15 is 0 Å². The van der Waals surface area contributed by atoms with E-state index in [-0.39, 0.29) is 36.7 Å². The van der Waals surface area contributed by atoms with Crippen LogP contribution in [0.5, 0.6) is 5.75 Å². The van der Waals surface area contributed by atoms with Crippen molar-refractivity contribution >= 4 is 19.5 Å². The Kier molecular flexibility index (Phi) is 6.96. The third kappa shape index (κ3) is 4.86. The minimum Gasteiger partial charge on any atom is -0.497 e. The number of aryl methyl sites for hydroxylation is 1. The van der Waals surface area contributed by atoms with Gasteiger partial charge in [0.05, 0.1) is 18.3 Å². The molecule has 1 aliphatic heterocycles. The summed E-state index contributed by atoms with van der Waals surface area (Å²) in [5.74, 6) is 0.789. The van der Waals surface area contributed by atoms with Gasteiger partial charge in [-0.05, 0) is 64.7 Å². The van der Waals surface area contributed by atoms with Crippen LogP contribution in [0, 0.1) is 0 Å². The Balaban J connectivity index is 0.00000264. The van der Waals surface area contributed by atoms with Gasteiger partial charge >= 0.3 is 7.12 Å². The first-order chi connectivity index (χ1) is 10.2. The Bertz CT molecular complexity index is 477. The van der Waals surface area contributed by atoms with Gasteiger partial charge in [0.15, 0.2) is 0 Å². The van der Waals surface area contributed by atoms with Crippen LogP contribution < -0.4 is 10.5 Å². The molecule has 0 radical (unpaired) electrons. The van der Waals surface area contributed by atoms with Crippen LogP contribution in [0.4, 0.5) is 0 Å². The number of rotatable bonds is 6. The van der Waals surface area contributed by atoms with Crippen LogP contribution in [0.3, 0.4) is 0 Å². The topological polar surface area (TPSA) is 53.7 Å². The lowest BCUT2D eigenvalue weighted by Crippen LogP contribution is -2.41. The van der Waals surface area contributed by atoms with Gasteiger partial charge in [0, 0.05) is 5.94 Å². The van der Waals surface area contributed by atoms with Crippen LogP contribution in [0.2, 0.25) is 0 Å². The Labute approximate surface area is 146 Å². The van der Waals surface area contributed by atoms with Gasteiger partial charge in [0.2, 0.25) is 0 Å². The summed E-state index contributed by atoms with van der Waals surface area (Å²) in [5.41, 5.74) is 6.93. The molecule has 1 aromatic rings. The summed E-state index contributed by atoms with van der Waals surface area (Å²) in [7, 11) is 1.36. The lowest BCUT2D eigenvalue weighted by atomic mass is 9.76. The van der Waals surface area contributed by atoms with Crippen molar-refractivity contribution in [3.63, 3.8) is 0 Å². The standard InChI is InChI=1S/C17H28BNO3.ClH/c1-16(2)17(3,4)22-18(21-16)15(19)8-6-7-13-9-11-14(20-5)12-10-13;/h9-12,15H,6-8,19H2,1-5H3;1H. The number of hydrogen-bond donors (Lipinski definition) is 1. The molecule has 4 nitrogen and oxygen atoms in total. The van der Waals surface area contributed by atoms with E-state index in [4.69, 9.17) is 19.8 Å². The molecule has 0 amide bonds. The van der Waals surface area contributed by atoms with Gasteiger partial charge in [0.25, 0.3) is 0 Å². The van der Waals surface area contributed by atoms with Crippen molar-refractivity contribution < 1.29 is 14.0 Å². The zero-order chi connectivity index (χ0) is 16.4. The van der Waals surface area contributed by atoms with E-state index in [0.717, 1.165) is 25.0 Å². The van der Waals surface area contributed by atoms with Crippen molar-refractivity contribution in [3.8, 4) is 5.75 Å². The predicted octanol–water partition coefficient (Wildman–Crippen LogP) is 3.40. The van der Waals surface area contributed by atoms with Crippen molar-refractivity contribution in [2.75, 3.05) is 7.11 Å². The number of nitrogens with two attached hydrogens (primary N) is 1. The summed E-state index contributed by atoms with van der Waals surface area (Å²) in [6.45, 7) is 8.21. The number of benzene rings is 1. The molecule has 1 fully saturated rings. The number of hydrogen-bond acceptors (Lipinski definition) is 4. The molecule has 23 heavy (non-hydrogen) atoms. The minimum atomic E-state index is -0.319. The molecule has 1 aliphatic rings. The zero-order valence-electron chi connectivity index (χ0n) is 14.8. The molecule has 0 aliphatic carbocycles. The SMILES string of the molecule is COc1ccc(CCCC(N)B2OC(C)(C)C(C)(C)O2)cc1.Cl. The van der Waals surface area contributed by atoms with E-state index in [1.165, 1.54) is 5.56 Å². The van der Waals surface area contributed by atoms with Crippen LogP contribution in [0.25, 0.3) is 0 Å². The molecule has 0 saturated carbocycles. The van der Waals surface area contributed by atoms with Gasteiger partial charge in [-0.2, -0.15) is 0 Å². The van der Waals surface area contributed by atoms with Crippen molar-refractivity contribution in [3.05, 3.63) is 29.8 Å². The highest BCUT2D eigenvalue weighted by molar-refractivity contribution is 6.47. The molecule has 1 aromatic carbocycles. The molecule has 130 valence electrons. The largest absolute Gasteiger partial charge is 0.497 e. The Morgan fingerprint density at radius 1 is 1.09 bits per heavy atom. The second kappa shape index (κ2) is 7.89. The maximum atomic E-state index is 6.26. The summed E-state index contributed by atoms with van der Waals surface area (Å²) >= 11 is 0. The van der Waals surface area contributed by atoms with E-state index in [9.17, 15) is 0 Å². The Morgan fingerprint density at radius 3 is 2.09 bits per heavy atom. The fourth-order valence-corrected chi connectivity index (χ4v) is 2.53. The van der Waals surface area contributed by atoms with Crippen molar-refractivity contribution in [2.24, 2.45) is 5.73 Å². The van der Waals surface area contributed by atoms with Crippen LogP contribution in [-0.2, 0) is 15.7 Å². The average Bonchev–Trinajstić information content (AvgIpc) is 2.68. The highest BCUT2D eigenvalue weighted by atomic mass is 35.5. The molecule has 2 N–H and O–H groups in total. The molecule has 2 rings (SSSR count). The second-order valence-corrected chi connectivity index (χ2v) is 7.03. The zero-order valence-corrected chi connectivity index (χ0v) is 15.6. The third-order valence-electron chi connectivity index (χ3n) is 4.78. The molecular formula is C17H29BClNO3. The number of methoxy groups -OCH3 is 1. The summed E-state index contributed by atoms with van der Waals surface area (Å²) in [6, 6.07) is 8.17. The van der Waals surface area contributed by atoms with Gasteiger partial charge in [0.1, 0.15) is 5.75 Å². The summed E-state index contributed by atoms with van der Waals surface area (Å²) in [4.78, 5) is 0. The average molecular weight is 342 g/mol. The van der Waals surface area contributed by atoms with Gasteiger partial charge in [-0.3, -0.25) is 0 Å². The first-order valence-electron chi connectivity index (χ1n) is 7.99. The molecule has 1 heterocycles. The molecular weight excluding hydrogens is 312 g/mol. The van der Waals surface area contributed by atoms with Crippen molar-refractivity contribution in [1.29, 1.82) is 0 Å². The lowest BCUT2D eigenvalue weighted by molar-refractivity contribution is 0.00578. The number of halogens is 1. The van der Waals surface area contributed by atoms with Gasteiger partial charge in [-0.15, -0.1) is 12.4 Å². The minimum absolute atomic E-state index is 0. The fourth-order valence-electron chi connectivity index (χ4n) is 2.53. The van der Waals surface area contributed by atoms with E-state index in [2.05, 4.69) is 39.8 Å². The normalized spacial score (nSPS) is 20.0. The number of ether oxygens (including phenoxy) is 1. The predicted molar refractivity (Wildman–Crippen MR) is 97.2 cm³/mol. The molecule has 0 aromatic heterocycles. The van der Waals surface area contributed by atoms with Crippen LogP contribution in [0.15, 0.2) is 24.3 Å². The quantitative estimate of drug-likeness (QED) is 0.806. The van der Waals surface area contributed by atoms with Gasteiger partial charge in [-0.25, -0.2) is 0 Å². The van der Waals surface area contributed by atoms with Crippen LogP contribution >= 0.6 is 12.4 Å². The smallest absolute Gasteiger partial charge is 0.475 e. The fraction of sp³-hybridized carbons (Fsp3) is 0.647. The molecule has 0 spiro atoms. The monoisotopic (exact) mass is 341 g/mol. The molecule has 6 heteroatoms. The first kappa shape index (κ1) is 20.3. The van der Waals surface area contributed by atoms with Gasteiger partial charge in [-0.1, -0.05) is 12.1 Å². The molecule has 1 unspecified atom stereocenters. The summed E-state index contributed by atoms with van der Waals surface area (Å²) in [6.07, 6.45) is 2.89. The lowest BCUT2D eigenvalue weighted by Gasteiger charge is -2.32.